The number of carbonyl (C=O) groups is 1. The van der Waals surface area contributed by atoms with Gasteiger partial charge in [-0.3, -0.25) is 9.59 Å². The lowest BCUT2D eigenvalue weighted by molar-refractivity contribution is 0.102. The van der Waals surface area contributed by atoms with Gasteiger partial charge in [0.1, 0.15) is 28.8 Å². The molecule has 2 N–H and O–H groups in total. The summed E-state index contributed by atoms with van der Waals surface area (Å²) in [6.45, 7) is 0. The Morgan fingerprint density at radius 3 is 2.38 bits per heavy atom. The van der Waals surface area contributed by atoms with Gasteiger partial charge < -0.3 is 10.3 Å². The van der Waals surface area contributed by atoms with E-state index in [0.717, 1.165) is 24.4 Å². The average Bonchev–Trinajstić information content (AvgIpc) is 2.49. The number of carbonyl (C=O) groups excluding carboxylic acids is 1. The first-order chi connectivity index (χ1) is 11.4. The van der Waals surface area contributed by atoms with E-state index in [1.807, 2.05) is 0 Å². The van der Waals surface area contributed by atoms with E-state index >= 15 is 0 Å². The van der Waals surface area contributed by atoms with Gasteiger partial charge >= 0.3 is 0 Å². The van der Waals surface area contributed by atoms with E-state index in [1.165, 1.54) is 0 Å². The summed E-state index contributed by atoms with van der Waals surface area (Å²) < 4.78 is 53.3. The van der Waals surface area contributed by atoms with Crippen molar-refractivity contribution < 1.29 is 22.4 Å². The first-order valence-corrected chi connectivity index (χ1v) is 6.63. The van der Waals surface area contributed by atoms with E-state index in [1.54, 1.807) is 0 Å². The third-order valence-electron chi connectivity index (χ3n) is 3.32. The van der Waals surface area contributed by atoms with Gasteiger partial charge in [0.2, 0.25) is 5.43 Å². The Hall–Kier alpha value is -3.16. The highest BCUT2D eigenvalue weighted by atomic mass is 19.1. The number of hydrogen-bond donors (Lipinski definition) is 2. The fourth-order valence-electron chi connectivity index (χ4n) is 2.22. The van der Waals surface area contributed by atoms with Crippen molar-refractivity contribution in [3.8, 4) is 0 Å². The average molecular weight is 336 g/mol. The van der Waals surface area contributed by atoms with Gasteiger partial charge in [-0.2, -0.15) is 0 Å². The molecule has 1 aromatic heterocycles. The minimum absolute atomic E-state index is 0.123. The molecule has 0 spiro atoms. The van der Waals surface area contributed by atoms with Gasteiger partial charge in [-0.25, -0.2) is 17.6 Å². The van der Waals surface area contributed by atoms with Gasteiger partial charge in [0.05, 0.1) is 16.6 Å². The second kappa shape index (κ2) is 5.80. The van der Waals surface area contributed by atoms with Crippen LogP contribution in [0.4, 0.5) is 23.2 Å². The number of pyridine rings is 1. The molecule has 3 aromatic rings. The molecule has 24 heavy (non-hydrogen) atoms. The largest absolute Gasteiger partial charge is 0.360 e. The number of halogens is 4. The van der Waals surface area contributed by atoms with Crippen molar-refractivity contribution in [3.63, 3.8) is 0 Å². The van der Waals surface area contributed by atoms with Gasteiger partial charge in [-0.05, 0) is 18.2 Å². The van der Waals surface area contributed by atoms with Crippen molar-refractivity contribution in [1.29, 1.82) is 0 Å². The fraction of sp³-hybridized carbons (Fsp3) is 0. The number of rotatable bonds is 2. The zero-order valence-electron chi connectivity index (χ0n) is 11.8. The molecule has 0 radical (unpaired) electrons. The summed E-state index contributed by atoms with van der Waals surface area (Å²) in [5, 5.41) is 1.60. The van der Waals surface area contributed by atoms with E-state index in [2.05, 4.69) is 10.3 Å². The van der Waals surface area contributed by atoms with Gasteiger partial charge in [-0.1, -0.05) is 0 Å². The Bertz CT molecular complexity index is 1030. The van der Waals surface area contributed by atoms with Gasteiger partial charge in [0.25, 0.3) is 5.91 Å². The molecule has 0 aliphatic carbocycles. The first kappa shape index (κ1) is 15.7. The number of benzene rings is 2. The third kappa shape index (κ3) is 2.73. The molecule has 0 bridgehead atoms. The van der Waals surface area contributed by atoms with E-state index in [9.17, 15) is 27.2 Å². The van der Waals surface area contributed by atoms with Crippen molar-refractivity contribution >= 4 is 22.5 Å². The molecule has 0 aliphatic heterocycles. The summed E-state index contributed by atoms with van der Waals surface area (Å²) in [5.41, 5.74) is -1.96. The van der Waals surface area contributed by atoms with Crippen LogP contribution in [0.15, 0.2) is 41.3 Å². The maximum absolute atomic E-state index is 13.8. The summed E-state index contributed by atoms with van der Waals surface area (Å²) in [6.07, 6.45) is 0.959. The van der Waals surface area contributed by atoms with Crippen molar-refractivity contribution in [3.05, 3.63) is 75.6 Å². The van der Waals surface area contributed by atoms with Crippen LogP contribution in [0.2, 0.25) is 0 Å². The molecule has 4 nitrogen and oxygen atoms in total. The molecular formula is C16H8F4N2O2. The lowest BCUT2D eigenvalue weighted by atomic mass is 10.1. The highest BCUT2D eigenvalue weighted by molar-refractivity contribution is 6.05. The van der Waals surface area contributed by atoms with Crippen molar-refractivity contribution in [2.75, 3.05) is 5.32 Å². The number of fused-ring (bicyclic) bond motifs is 1. The number of nitrogens with one attached hydrogen (secondary N) is 2. The molecule has 0 fully saturated rings. The topological polar surface area (TPSA) is 62.0 Å². The zero-order chi connectivity index (χ0) is 17.4. The van der Waals surface area contributed by atoms with Crippen LogP contribution in [0.3, 0.4) is 0 Å². The van der Waals surface area contributed by atoms with Crippen LogP contribution in [0.5, 0.6) is 0 Å². The molecule has 0 atom stereocenters. The predicted octanol–water partition coefficient (Wildman–Crippen LogP) is 3.34. The van der Waals surface area contributed by atoms with Crippen molar-refractivity contribution in [2.24, 2.45) is 0 Å². The molecule has 0 aliphatic rings. The molecule has 1 heterocycles. The summed E-state index contributed by atoms with van der Waals surface area (Å²) in [5.74, 6) is -4.91. The zero-order valence-corrected chi connectivity index (χ0v) is 11.8. The molecule has 0 saturated carbocycles. The Kier molecular flexibility index (Phi) is 3.80. The van der Waals surface area contributed by atoms with Crippen LogP contribution < -0.4 is 10.7 Å². The number of H-pyrrole nitrogens is 1. The monoisotopic (exact) mass is 336 g/mol. The lowest BCUT2D eigenvalue weighted by Gasteiger charge is -2.07. The van der Waals surface area contributed by atoms with Gasteiger partial charge in [-0.15, -0.1) is 0 Å². The van der Waals surface area contributed by atoms with E-state index in [-0.39, 0.29) is 11.2 Å². The van der Waals surface area contributed by atoms with Crippen LogP contribution in [0.25, 0.3) is 10.9 Å². The third-order valence-corrected chi connectivity index (χ3v) is 3.32. The van der Waals surface area contributed by atoms with E-state index in [4.69, 9.17) is 0 Å². The molecule has 8 heteroatoms. The molecule has 3 rings (SSSR count). The number of amides is 1. The van der Waals surface area contributed by atoms with Gasteiger partial charge in [0, 0.05) is 18.3 Å². The second-order valence-corrected chi connectivity index (χ2v) is 4.92. The van der Waals surface area contributed by atoms with Crippen LogP contribution in [-0.4, -0.2) is 10.9 Å². The minimum Gasteiger partial charge on any atom is -0.360 e. The quantitative estimate of drug-likeness (QED) is 0.705. The molecule has 0 unspecified atom stereocenters. The minimum atomic E-state index is -1.13. The number of anilines is 1. The van der Waals surface area contributed by atoms with E-state index in [0.29, 0.717) is 12.1 Å². The van der Waals surface area contributed by atoms with Crippen LogP contribution >= 0.6 is 0 Å². The van der Waals surface area contributed by atoms with Crippen LogP contribution in [0, 0.1) is 23.3 Å². The number of aromatic nitrogens is 1. The molecule has 1 amide bonds. The Morgan fingerprint density at radius 2 is 1.67 bits per heavy atom. The normalized spacial score (nSPS) is 10.8. The smallest absolute Gasteiger partial charge is 0.261 e. The summed E-state index contributed by atoms with van der Waals surface area (Å²) in [4.78, 5) is 26.8. The first-order valence-electron chi connectivity index (χ1n) is 6.63. The molecule has 122 valence electrons. The lowest BCUT2D eigenvalue weighted by Crippen LogP contribution is -2.23. The standard InChI is InChI=1S/C16H8F4N2O2/c17-7-1-2-12(10(19)3-7)22-16(24)9-6-21-13-5-8(18)4-11(20)14(13)15(9)23/h1-6H,(H,21,23)(H,22,24). The Morgan fingerprint density at radius 1 is 0.958 bits per heavy atom. The fourth-order valence-corrected chi connectivity index (χ4v) is 2.22. The highest BCUT2D eigenvalue weighted by Crippen LogP contribution is 2.17. The van der Waals surface area contributed by atoms with Crippen molar-refractivity contribution in [2.45, 2.75) is 0 Å². The summed E-state index contributed by atoms with van der Waals surface area (Å²) >= 11 is 0. The Labute approximate surface area is 131 Å². The van der Waals surface area contributed by atoms with Gasteiger partial charge in [0.15, 0.2) is 0 Å². The molecule has 2 aromatic carbocycles. The summed E-state index contributed by atoms with van der Waals surface area (Å²) in [7, 11) is 0. The maximum Gasteiger partial charge on any atom is 0.261 e. The predicted molar refractivity (Wildman–Crippen MR) is 78.8 cm³/mol. The van der Waals surface area contributed by atoms with Crippen LogP contribution in [0.1, 0.15) is 10.4 Å². The SMILES string of the molecule is O=C(Nc1ccc(F)cc1F)c1c[nH]c2cc(F)cc(F)c2c1=O. The van der Waals surface area contributed by atoms with E-state index < -0.39 is 45.6 Å². The molecular weight excluding hydrogens is 328 g/mol. The Balaban J connectivity index is 2.04. The molecule has 0 saturated heterocycles. The number of aromatic amines is 1. The second-order valence-electron chi connectivity index (χ2n) is 4.92. The van der Waals surface area contributed by atoms with Crippen molar-refractivity contribution in [1.82, 2.24) is 4.98 Å². The maximum atomic E-state index is 13.8. The van der Waals surface area contributed by atoms with Crippen LogP contribution in [-0.2, 0) is 0 Å². The number of hydrogen-bond acceptors (Lipinski definition) is 2. The summed E-state index contributed by atoms with van der Waals surface area (Å²) in [6, 6.07) is 3.88. The highest BCUT2D eigenvalue weighted by Gasteiger charge is 2.17.